The van der Waals surface area contributed by atoms with E-state index in [-0.39, 0.29) is 29.7 Å². The highest BCUT2D eigenvalue weighted by molar-refractivity contribution is 5.96. The molecule has 32 heavy (non-hydrogen) atoms. The van der Waals surface area contributed by atoms with Crippen molar-refractivity contribution < 1.29 is 14.3 Å². The van der Waals surface area contributed by atoms with E-state index in [4.69, 9.17) is 15.9 Å². The maximum absolute atomic E-state index is 12.9. The molecule has 2 aromatic rings. The molecule has 6 nitrogen and oxygen atoms in total. The van der Waals surface area contributed by atoms with Crippen LogP contribution in [0, 0.1) is 11.3 Å². The zero-order chi connectivity index (χ0) is 23.1. The lowest BCUT2D eigenvalue weighted by atomic mass is 9.93. The summed E-state index contributed by atoms with van der Waals surface area (Å²) < 4.78 is 5.52. The number of carbonyl (C=O) groups excluding carboxylic acids is 2. The third-order valence-corrected chi connectivity index (χ3v) is 6.23. The number of benzene rings is 2. The smallest absolute Gasteiger partial charge is 0.306 e. The van der Waals surface area contributed by atoms with Crippen molar-refractivity contribution in [3.05, 3.63) is 59.7 Å². The van der Waals surface area contributed by atoms with Crippen LogP contribution in [0.5, 0.6) is 0 Å². The molecule has 1 aliphatic heterocycles. The molecule has 0 radical (unpaired) electrons. The second kappa shape index (κ2) is 10.9. The number of ether oxygens (including phenoxy) is 1. The van der Waals surface area contributed by atoms with Gasteiger partial charge in [-0.15, -0.1) is 0 Å². The molecule has 1 heterocycles. The van der Waals surface area contributed by atoms with Crippen molar-refractivity contribution in [2.45, 2.75) is 52.1 Å². The van der Waals surface area contributed by atoms with E-state index in [1.54, 1.807) is 0 Å². The van der Waals surface area contributed by atoms with E-state index in [2.05, 4.69) is 0 Å². The normalized spacial score (nSPS) is 14.4. The van der Waals surface area contributed by atoms with Gasteiger partial charge in [-0.25, -0.2) is 0 Å². The molecule has 0 spiro atoms. The van der Waals surface area contributed by atoms with Crippen molar-refractivity contribution in [2.75, 3.05) is 13.1 Å². The molecule has 0 atom stereocenters. The first-order valence-corrected chi connectivity index (χ1v) is 11.4. The Hall–Kier alpha value is -3.15. The maximum Gasteiger partial charge on any atom is 0.306 e. The predicted molar refractivity (Wildman–Crippen MR) is 127 cm³/mol. The maximum atomic E-state index is 12.9. The molecule has 0 unspecified atom stereocenters. The van der Waals surface area contributed by atoms with Crippen LogP contribution in [0.1, 0.15) is 61.9 Å². The molecule has 1 aliphatic rings. The van der Waals surface area contributed by atoms with Crippen LogP contribution in [0.25, 0.3) is 11.1 Å². The SMILES string of the molecule is CCC(CC)OC(=O)CC1CCN(C(=O)c2ccc(-c3ccc(C(=N)N)cc3)cc2)CC1. The number of esters is 1. The minimum atomic E-state index is -0.115. The summed E-state index contributed by atoms with van der Waals surface area (Å²) in [6.45, 7) is 5.39. The Morgan fingerprint density at radius 1 is 0.969 bits per heavy atom. The highest BCUT2D eigenvalue weighted by Gasteiger charge is 2.26. The summed E-state index contributed by atoms with van der Waals surface area (Å²) >= 11 is 0. The van der Waals surface area contributed by atoms with E-state index in [1.165, 1.54) is 0 Å². The lowest BCUT2D eigenvalue weighted by Crippen LogP contribution is -2.39. The molecule has 0 bridgehead atoms. The standard InChI is InChI=1S/C26H33N3O3/c1-3-23(4-2)32-24(30)17-18-13-15-29(16-14-18)26(31)22-11-7-20(8-12-22)19-5-9-21(10-6-19)25(27)28/h5-12,18,23H,3-4,13-17H2,1-2H3,(H3,27,28). The monoisotopic (exact) mass is 435 g/mol. The second-order valence-corrected chi connectivity index (χ2v) is 8.44. The molecule has 1 fully saturated rings. The molecule has 3 rings (SSSR count). The number of nitrogen functional groups attached to an aromatic ring is 1. The van der Waals surface area contributed by atoms with Crippen LogP contribution in [0.2, 0.25) is 0 Å². The van der Waals surface area contributed by atoms with Gasteiger partial charge in [0.15, 0.2) is 0 Å². The van der Waals surface area contributed by atoms with Crippen molar-refractivity contribution in [3.8, 4) is 11.1 Å². The summed E-state index contributed by atoms with van der Waals surface area (Å²) in [7, 11) is 0. The summed E-state index contributed by atoms with van der Waals surface area (Å²) in [4.78, 5) is 26.9. The van der Waals surface area contributed by atoms with Gasteiger partial charge in [0.2, 0.25) is 0 Å². The molecule has 0 aliphatic carbocycles. The number of hydrogen-bond acceptors (Lipinski definition) is 4. The fraction of sp³-hybridized carbons (Fsp3) is 0.423. The van der Waals surface area contributed by atoms with Crippen molar-refractivity contribution in [3.63, 3.8) is 0 Å². The number of nitrogens with zero attached hydrogens (tertiary/aromatic N) is 1. The Labute approximate surface area is 190 Å². The predicted octanol–water partition coefficient (Wildman–Crippen LogP) is 4.61. The Morgan fingerprint density at radius 3 is 1.94 bits per heavy atom. The summed E-state index contributed by atoms with van der Waals surface area (Å²) in [5.41, 5.74) is 8.88. The number of hydrogen-bond donors (Lipinski definition) is 2. The topological polar surface area (TPSA) is 96.5 Å². The third kappa shape index (κ3) is 5.96. The number of piperidine rings is 1. The van der Waals surface area contributed by atoms with Gasteiger partial charge in [0, 0.05) is 30.6 Å². The average Bonchev–Trinajstić information content (AvgIpc) is 2.82. The molecular formula is C26H33N3O3. The van der Waals surface area contributed by atoms with Gasteiger partial charge in [0.1, 0.15) is 11.9 Å². The average molecular weight is 436 g/mol. The summed E-state index contributed by atoms with van der Waals surface area (Å²) in [5, 5.41) is 7.48. The summed E-state index contributed by atoms with van der Waals surface area (Å²) in [6.07, 6.45) is 3.79. The highest BCUT2D eigenvalue weighted by atomic mass is 16.5. The zero-order valence-electron chi connectivity index (χ0n) is 19.0. The number of rotatable bonds is 8. The largest absolute Gasteiger partial charge is 0.462 e. The van der Waals surface area contributed by atoms with Crippen LogP contribution in [-0.2, 0) is 9.53 Å². The van der Waals surface area contributed by atoms with Crippen molar-refractivity contribution in [2.24, 2.45) is 11.7 Å². The number of carbonyl (C=O) groups is 2. The first-order valence-electron chi connectivity index (χ1n) is 11.4. The lowest BCUT2D eigenvalue weighted by Gasteiger charge is -2.32. The van der Waals surface area contributed by atoms with Gasteiger partial charge in [-0.1, -0.05) is 50.2 Å². The lowest BCUT2D eigenvalue weighted by molar-refractivity contribution is -0.150. The van der Waals surface area contributed by atoms with Crippen LogP contribution < -0.4 is 5.73 Å². The van der Waals surface area contributed by atoms with E-state index < -0.39 is 0 Å². The van der Waals surface area contributed by atoms with Gasteiger partial charge in [-0.05, 0) is 54.9 Å². The Bertz CT molecular complexity index is 926. The number of nitrogens with one attached hydrogen (secondary N) is 1. The zero-order valence-corrected chi connectivity index (χ0v) is 19.0. The number of nitrogens with two attached hydrogens (primary N) is 1. The minimum Gasteiger partial charge on any atom is -0.462 e. The molecule has 0 saturated carbocycles. The van der Waals surface area contributed by atoms with Gasteiger partial charge < -0.3 is 15.4 Å². The van der Waals surface area contributed by atoms with E-state index in [0.29, 0.717) is 30.6 Å². The van der Waals surface area contributed by atoms with Gasteiger partial charge in [-0.2, -0.15) is 0 Å². The summed E-state index contributed by atoms with van der Waals surface area (Å²) in [5.74, 6) is 0.238. The molecule has 170 valence electrons. The van der Waals surface area contributed by atoms with Gasteiger partial charge in [-0.3, -0.25) is 15.0 Å². The molecule has 2 aromatic carbocycles. The first-order chi connectivity index (χ1) is 15.4. The molecular weight excluding hydrogens is 402 g/mol. The summed E-state index contributed by atoms with van der Waals surface area (Å²) in [6, 6.07) is 15.1. The first kappa shape index (κ1) is 23.5. The van der Waals surface area contributed by atoms with Crippen LogP contribution >= 0.6 is 0 Å². The van der Waals surface area contributed by atoms with E-state index in [9.17, 15) is 9.59 Å². The molecule has 1 amide bonds. The second-order valence-electron chi connectivity index (χ2n) is 8.44. The Morgan fingerprint density at radius 2 is 1.47 bits per heavy atom. The van der Waals surface area contributed by atoms with E-state index >= 15 is 0 Å². The van der Waals surface area contributed by atoms with Gasteiger partial charge in [0.05, 0.1) is 0 Å². The quantitative estimate of drug-likeness (QED) is 0.359. The molecule has 6 heteroatoms. The Kier molecular flexibility index (Phi) is 8.03. The van der Waals surface area contributed by atoms with Crippen molar-refractivity contribution in [1.82, 2.24) is 4.90 Å². The van der Waals surface area contributed by atoms with Crippen LogP contribution in [0.4, 0.5) is 0 Å². The fourth-order valence-electron chi connectivity index (χ4n) is 4.10. The van der Waals surface area contributed by atoms with Crippen molar-refractivity contribution >= 4 is 17.7 Å². The van der Waals surface area contributed by atoms with Crippen LogP contribution in [-0.4, -0.2) is 41.8 Å². The fourth-order valence-corrected chi connectivity index (χ4v) is 4.10. The number of likely N-dealkylation sites (tertiary alicyclic amines) is 1. The number of amides is 1. The van der Waals surface area contributed by atoms with Crippen molar-refractivity contribution in [1.29, 1.82) is 5.41 Å². The van der Waals surface area contributed by atoms with E-state index in [0.717, 1.165) is 36.8 Å². The van der Waals surface area contributed by atoms with Gasteiger partial charge in [0.25, 0.3) is 5.91 Å². The van der Waals surface area contributed by atoms with Gasteiger partial charge >= 0.3 is 5.97 Å². The van der Waals surface area contributed by atoms with Crippen LogP contribution in [0.3, 0.4) is 0 Å². The third-order valence-electron chi connectivity index (χ3n) is 6.23. The highest BCUT2D eigenvalue weighted by Crippen LogP contribution is 2.25. The van der Waals surface area contributed by atoms with E-state index in [1.807, 2.05) is 67.3 Å². The molecule has 1 saturated heterocycles. The minimum absolute atomic E-state index is 0.0132. The molecule has 0 aromatic heterocycles. The Balaban J connectivity index is 1.52. The molecule has 3 N–H and O–H groups in total. The van der Waals surface area contributed by atoms with Crippen LogP contribution in [0.15, 0.2) is 48.5 Å². The number of amidine groups is 1.